The SMILES string of the molecule is COc1cc(/C=C/C(=O)O)ccc1OCC(=O)Nc1ccc(C(=O)O)cc1. The predicted octanol–water partition coefficient (Wildman–Crippen LogP) is 2.51. The fourth-order valence-corrected chi connectivity index (χ4v) is 2.11. The topological polar surface area (TPSA) is 122 Å². The number of ether oxygens (including phenoxy) is 2. The third kappa shape index (κ3) is 5.89. The molecular weight excluding hydrogens is 354 g/mol. The Kier molecular flexibility index (Phi) is 6.54. The number of methoxy groups -OCH3 is 1. The number of aromatic carboxylic acids is 1. The van der Waals surface area contributed by atoms with Crippen LogP contribution in [0.1, 0.15) is 15.9 Å². The van der Waals surface area contributed by atoms with Gasteiger partial charge in [-0.3, -0.25) is 4.79 Å². The number of rotatable bonds is 8. The first-order chi connectivity index (χ1) is 12.9. The number of amides is 1. The Morgan fingerprint density at radius 2 is 1.74 bits per heavy atom. The third-order valence-corrected chi connectivity index (χ3v) is 3.38. The molecule has 2 aromatic carbocycles. The zero-order chi connectivity index (χ0) is 19.8. The van der Waals surface area contributed by atoms with Gasteiger partial charge < -0.3 is 25.0 Å². The molecule has 0 heterocycles. The van der Waals surface area contributed by atoms with E-state index in [0.29, 0.717) is 22.7 Å². The van der Waals surface area contributed by atoms with Crippen molar-refractivity contribution in [2.75, 3.05) is 19.0 Å². The summed E-state index contributed by atoms with van der Waals surface area (Å²) in [6.45, 7) is -0.290. The molecule has 0 radical (unpaired) electrons. The van der Waals surface area contributed by atoms with Gasteiger partial charge in [-0.05, 0) is 48.0 Å². The van der Waals surface area contributed by atoms with E-state index in [-0.39, 0.29) is 12.2 Å². The van der Waals surface area contributed by atoms with Crippen LogP contribution in [0.4, 0.5) is 5.69 Å². The predicted molar refractivity (Wildman–Crippen MR) is 97.2 cm³/mol. The van der Waals surface area contributed by atoms with Crippen LogP contribution in [-0.4, -0.2) is 41.8 Å². The van der Waals surface area contributed by atoms with Gasteiger partial charge in [-0.1, -0.05) is 6.07 Å². The van der Waals surface area contributed by atoms with Crippen molar-refractivity contribution in [2.24, 2.45) is 0 Å². The molecule has 0 atom stereocenters. The van der Waals surface area contributed by atoms with Crippen molar-refractivity contribution in [1.82, 2.24) is 0 Å². The Morgan fingerprint density at radius 1 is 1.04 bits per heavy atom. The largest absolute Gasteiger partial charge is 0.493 e. The second-order valence-electron chi connectivity index (χ2n) is 5.30. The number of carbonyl (C=O) groups excluding carboxylic acids is 1. The molecule has 2 aromatic rings. The average molecular weight is 371 g/mol. The molecule has 8 heteroatoms. The van der Waals surface area contributed by atoms with Crippen molar-refractivity contribution < 1.29 is 34.1 Å². The summed E-state index contributed by atoms with van der Waals surface area (Å²) in [5.41, 5.74) is 1.16. The summed E-state index contributed by atoms with van der Waals surface area (Å²) in [6, 6.07) is 10.5. The van der Waals surface area contributed by atoms with Crippen LogP contribution < -0.4 is 14.8 Å². The second-order valence-corrected chi connectivity index (χ2v) is 5.30. The van der Waals surface area contributed by atoms with Gasteiger partial charge in [-0.15, -0.1) is 0 Å². The molecule has 0 saturated carbocycles. The van der Waals surface area contributed by atoms with Crippen molar-refractivity contribution in [3.63, 3.8) is 0 Å². The third-order valence-electron chi connectivity index (χ3n) is 3.38. The lowest BCUT2D eigenvalue weighted by molar-refractivity contribution is -0.131. The fourth-order valence-electron chi connectivity index (χ4n) is 2.11. The quantitative estimate of drug-likeness (QED) is 0.609. The smallest absolute Gasteiger partial charge is 0.335 e. The van der Waals surface area contributed by atoms with Crippen molar-refractivity contribution in [2.45, 2.75) is 0 Å². The number of aliphatic carboxylic acids is 1. The normalized spacial score (nSPS) is 10.4. The summed E-state index contributed by atoms with van der Waals surface area (Å²) in [5.74, 6) is -1.88. The number of hydrogen-bond acceptors (Lipinski definition) is 5. The van der Waals surface area contributed by atoms with Crippen LogP contribution in [0.25, 0.3) is 6.08 Å². The van der Waals surface area contributed by atoms with Gasteiger partial charge in [0.25, 0.3) is 5.91 Å². The summed E-state index contributed by atoms with van der Waals surface area (Å²) in [5, 5.41) is 20.1. The Morgan fingerprint density at radius 3 is 2.33 bits per heavy atom. The van der Waals surface area contributed by atoms with Crippen LogP contribution in [0.2, 0.25) is 0 Å². The molecule has 0 unspecified atom stereocenters. The Balaban J connectivity index is 1.97. The highest BCUT2D eigenvalue weighted by molar-refractivity contribution is 5.93. The molecule has 3 N–H and O–H groups in total. The molecular formula is C19H17NO7. The number of anilines is 1. The lowest BCUT2D eigenvalue weighted by Crippen LogP contribution is -2.20. The summed E-state index contributed by atoms with van der Waals surface area (Å²) >= 11 is 0. The van der Waals surface area contributed by atoms with Gasteiger partial charge in [0.15, 0.2) is 18.1 Å². The van der Waals surface area contributed by atoms with Gasteiger partial charge in [-0.2, -0.15) is 0 Å². The van der Waals surface area contributed by atoms with E-state index in [1.165, 1.54) is 37.5 Å². The average Bonchev–Trinajstić information content (AvgIpc) is 2.65. The molecule has 0 aromatic heterocycles. The summed E-state index contributed by atoms with van der Waals surface area (Å²) in [6.07, 6.45) is 2.40. The Labute approximate surface area is 154 Å². The van der Waals surface area contributed by atoms with Gasteiger partial charge in [-0.25, -0.2) is 9.59 Å². The monoisotopic (exact) mass is 371 g/mol. The summed E-state index contributed by atoms with van der Waals surface area (Å²) in [4.78, 5) is 33.3. The minimum Gasteiger partial charge on any atom is -0.493 e. The van der Waals surface area contributed by atoms with Crippen LogP contribution >= 0.6 is 0 Å². The van der Waals surface area contributed by atoms with Crippen LogP contribution in [0, 0.1) is 0 Å². The Hall–Kier alpha value is -3.81. The second kappa shape index (κ2) is 9.04. The standard InChI is InChI=1S/C19H17NO7/c1-26-16-10-12(3-9-18(22)23)2-8-15(16)27-11-17(21)20-14-6-4-13(5-7-14)19(24)25/h2-10H,11H2,1H3,(H,20,21)(H,22,23)(H,24,25)/b9-3+. The highest BCUT2D eigenvalue weighted by Crippen LogP contribution is 2.28. The maximum absolute atomic E-state index is 12.0. The van der Waals surface area contributed by atoms with Crippen LogP contribution in [0.15, 0.2) is 48.5 Å². The fraction of sp³-hybridized carbons (Fsp3) is 0.105. The van der Waals surface area contributed by atoms with Gasteiger partial charge in [0.05, 0.1) is 12.7 Å². The van der Waals surface area contributed by atoms with Crippen LogP contribution in [0.3, 0.4) is 0 Å². The van der Waals surface area contributed by atoms with E-state index in [1.807, 2.05) is 0 Å². The van der Waals surface area contributed by atoms with E-state index in [1.54, 1.807) is 18.2 Å². The van der Waals surface area contributed by atoms with Crippen molar-refractivity contribution in [1.29, 1.82) is 0 Å². The molecule has 2 rings (SSSR count). The molecule has 0 aliphatic carbocycles. The van der Waals surface area contributed by atoms with E-state index in [4.69, 9.17) is 19.7 Å². The number of benzene rings is 2. The zero-order valence-electron chi connectivity index (χ0n) is 14.3. The van der Waals surface area contributed by atoms with E-state index < -0.39 is 17.8 Å². The molecule has 0 bridgehead atoms. The highest BCUT2D eigenvalue weighted by Gasteiger charge is 2.09. The first kappa shape index (κ1) is 19.5. The molecule has 0 saturated heterocycles. The van der Waals surface area contributed by atoms with Crippen molar-refractivity contribution >= 4 is 29.6 Å². The van der Waals surface area contributed by atoms with Gasteiger partial charge in [0, 0.05) is 11.8 Å². The number of hydrogen-bond donors (Lipinski definition) is 3. The molecule has 0 aliphatic heterocycles. The highest BCUT2D eigenvalue weighted by atomic mass is 16.5. The maximum atomic E-state index is 12.0. The first-order valence-electron chi connectivity index (χ1n) is 7.74. The van der Waals surface area contributed by atoms with E-state index >= 15 is 0 Å². The number of carbonyl (C=O) groups is 3. The summed E-state index contributed by atoms with van der Waals surface area (Å²) < 4.78 is 10.6. The zero-order valence-corrected chi connectivity index (χ0v) is 14.3. The number of carboxylic acid groups (broad SMARTS) is 2. The number of carboxylic acids is 2. The number of nitrogens with one attached hydrogen (secondary N) is 1. The van der Waals surface area contributed by atoms with Crippen LogP contribution in [-0.2, 0) is 9.59 Å². The van der Waals surface area contributed by atoms with Gasteiger partial charge in [0.1, 0.15) is 0 Å². The van der Waals surface area contributed by atoms with Crippen LogP contribution in [0.5, 0.6) is 11.5 Å². The molecule has 0 spiro atoms. The Bertz CT molecular complexity index is 872. The minimum absolute atomic E-state index is 0.117. The van der Waals surface area contributed by atoms with E-state index in [2.05, 4.69) is 5.32 Å². The molecule has 0 aliphatic rings. The van der Waals surface area contributed by atoms with Crippen molar-refractivity contribution in [3.05, 3.63) is 59.7 Å². The lowest BCUT2D eigenvalue weighted by atomic mass is 10.2. The maximum Gasteiger partial charge on any atom is 0.335 e. The molecule has 8 nitrogen and oxygen atoms in total. The van der Waals surface area contributed by atoms with Crippen molar-refractivity contribution in [3.8, 4) is 11.5 Å². The minimum atomic E-state index is -1.07. The molecule has 1 amide bonds. The van der Waals surface area contributed by atoms with E-state index in [9.17, 15) is 14.4 Å². The molecule has 27 heavy (non-hydrogen) atoms. The lowest BCUT2D eigenvalue weighted by Gasteiger charge is -2.11. The molecule has 0 fully saturated rings. The van der Waals surface area contributed by atoms with Gasteiger partial charge in [0.2, 0.25) is 0 Å². The van der Waals surface area contributed by atoms with E-state index in [0.717, 1.165) is 6.08 Å². The molecule has 140 valence electrons. The van der Waals surface area contributed by atoms with Gasteiger partial charge >= 0.3 is 11.9 Å². The summed E-state index contributed by atoms with van der Waals surface area (Å²) in [7, 11) is 1.43. The first-order valence-corrected chi connectivity index (χ1v) is 7.74.